The lowest BCUT2D eigenvalue weighted by atomic mass is 10.1. The number of nitrogens with zero attached hydrogens (tertiary/aromatic N) is 2. The maximum atomic E-state index is 13.4. The predicted octanol–water partition coefficient (Wildman–Crippen LogP) is 2.90. The van der Waals surface area contributed by atoms with Gasteiger partial charge in [0.2, 0.25) is 11.8 Å². The summed E-state index contributed by atoms with van der Waals surface area (Å²) < 4.78 is 1.33. The first-order chi connectivity index (χ1) is 18.5. The molecule has 0 saturated carbocycles. The number of nitrogens with two attached hydrogens (primary N) is 2. The highest BCUT2D eigenvalue weighted by Crippen LogP contribution is 2.26. The van der Waals surface area contributed by atoms with E-state index < -0.39 is 5.56 Å². The van der Waals surface area contributed by atoms with Crippen molar-refractivity contribution in [3.8, 4) is 11.3 Å². The second kappa shape index (κ2) is 12.7. The Kier molecular flexibility index (Phi) is 9.43. The van der Waals surface area contributed by atoms with Crippen LogP contribution in [0.3, 0.4) is 0 Å². The molecule has 2 aromatic carbocycles. The maximum absolute atomic E-state index is 13.4. The molecule has 0 aliphatic rings. The number of carbonyl (C=O) groups excluding carboxylic acids is 2. The molecule has 8 N–H and O–H groups in total. The highest BCUT2D eigenvalue weighted by molar-refractivity contribution is 5.95. The van der Waals surface area contributed by atoms with E-state index in [1.54, 1.807) is 42.5 Å². The molecule has 3 aromatic rings. The second-order valence-corrected chi connectivity index (χ2v) is 9.71. The summed E-state index contributed by atoms with van der Waals surface area (Å²) in [5.74, 6) is -0.624. The molecule has 0 aliphatic carbocycles. The summed E-state index contributed by atoms with van der Waals surface area (Å²) in [7, 11) is 0. The number of hydrogen-bond acceptors (Lipinski definition) is 7. The molecule has 39 heavy (non-hydrogen) atoms. The molecular weight excluding hydrogens is 496 g/mol. The molecule has 1 heterocycles. The molecule has 0 spiro atoms. The van der Waals surface area contributed by atoms with Gasteiger partial charge in [-0.15, -0.1) is 0 Å². The molecule has 0 fully saturated rings. The van der Waals surface area contributed by atoms with Crippen molar-refractivity contribution in [2.75, 3.05) is 16.4 Å². The van der Waals surface area contributed by atoms with E-state index in [1.165, 1.54) is 10.8 Å². The largest absolute Gasteiger partial charge is 0.399 e. The number of hydrogen-bond donors (Lipinski definition) is 6. The van der Waals surface area contributed by atoms with Gasteiger partial charge in [-0.2, -0.15) is 0 Å². The fraction of sp³-hybridized carbons (Fsp3) is 0.321. The average Bonchev–Trinajstić information content (AvgIpc) is 2.88. The maximum Gasteiger partial charge on any atom is 0.294 e. The van der Waals surface area contributed by atoms with E-state index >= 15 is 0 Å². The van der Waals surface area contributed by atoms with Crippen LogP contribution >= 0.6 is 0 Å². The highest BCUT2D eigenvalue weighted by Gasteiger charge is 2.18. The third-order valence-corrected chi connectivity index (χ3v) is 6.11. The van der Waals surface area contributed by atoms with Gasteiger partial charge in [-0.05, 0) is 44.0 Å². The molecule has 206 valence electrons. The van der Waals surface area contributed by atoms with Gasteiger partial charge in [-0.3, -0.25) is 24.4 Å². The second-order valence-electron chi connectivity index (χ2n) is 9.71. The predicted molar refractivity (Wildman–Crippen MR) is 154 cm³/mol. The normalized spacial score (nSPS) is 11.6. The van der Waals surface area contributed by atoms with Gasteiger partial charge in [-0.1, -0.05) is 38.1 Å². The number of aromatic nitrogens is 2. The molecule has 1 unspecified atom stereocenters. The zero-order chi connectivity index (χ0) is 28.7. The van der Waals surface area contributed by atoms with E-state index in [2.05, 4.69) is 20.9 Å². The molecule has 11 nitrogen and oxygen atoms in total. The summed E-state index contributed by atoms with van der Waals surface area (Å²) in [6.45, 7) is 7.49. The Morgan fingerprint density at radius 1 is 1.10 bits per heavy atom. The SMILES string of the molecule is CCC(C)C(=O)Nc1cc(N)cc(-c2cnc(NC(C)C)c(=O)n2CC(=O)NCc2ccc(C(=N)N)cc2)c1. The third-order valence-electron chi connectivity index (χ3n) is 6.11. The van der Waals surface area contributed by atoms with Gasteiger partial charge >= 0.3 is 0 Å². The molecule has 0 aliphatic heterocycles. The van der Waals surface area contributed by atoms with Crippen molar-refractivity contribution in [1.29, 1.82) is 5.41 Å². The number of rotatable bonds is 11. The van der Waals surface area contributed by atoms with Crippen molar-refractivity contribution in [2.24, 2.45) is 11.7 Å². The van der Waals surface area contributed by atoms with E-state index in [0.29, 0.717) is 34.6 Å². The van der Waals surface area contributed by atoms with Crippen molar-refractivity contribution in [2.45, 2.75) is 53.2 Å². The van der Waals surface area contributed by atoms with Crippen LogP contribution in [0, 0.1) is 11.3 Å². The first-order valence-corrected chi connectivity index (χ1v) is 12.8. The minimum absolute atomic E-state index is 0.0369. The number of amidine groups is 1. The van der Waals surface area contributed by atoms with Gasteiger partial charge in [0.15, 0.2) is 5.82 Å². The van der Waals surface area contributed by atoms with Gasteiger partial charge in [0, 0.05) is 41.0 Å². The number of amides is 2. The number of benzene rings is 2. The Morgan fingerprint density at radius 3 is 2.41 bits per heavy atom. The van der Waals surface area contributed by atoms with Gasteiger partial charge in [0.1, 0.15) is 12.4 Å². The summed E-state index contributed by atoms with van der Waals surface area (Å²) in [5, 5.41) is 16.2. The van der Waals surface area contributed by atoms with Crippen LogP contribution in [0.4, 0.5) is 17.2 Å². The van der Waals surface area contributed by atoms with Crippen molar-refractivity contribution in [3.63, 3.8) is 0 Å². The topological polar surface area (TPSA) is 181 Å². The first kappa shape index (κ1) is 28.9. The van der Waals surface area contributed by atoms with E-state index in [4.69, 9.17) is 16.9 Å². The molecule has 1 atom stereocenters. The third kappa shape index (κ3) is 7.67. The lowest BCUT2D eigenvalue weighted by Crippen LogP contribution is -2.35. The molecule has 3 rings (SSSR count). The summed E-state index contributed by atoms with van der Waals surface area (Å²) >= 11 is 0. The number of nitrogens with one attached hydrogen (secondary N) is 4. The van der Waals surface area contributed by atoms with E-state index in [1.807, 2.05) is 27.7 Å². The monoisotopic (exact) mass is 532 g/mol. The van der Waals surface area contributed by atoms with Crippen LogP contribution in [-0.4, -0.2) is 33.2 Å². The Balaban J connectivity index is 1.92. The Hall–Kier alpha value is -4.67. The van der Waals surface area contributed by atoms with Crippen LogP contribution in [0.5, 0.6) is 0 Å². The van der Waals surface area contributed by atoms with Crippen molar-refractivity contribution in [1.82, 2.24) is 14.9 Å². The fourth-order valence-electron chi connectivity index (χ4n) is 3.77. The Labute approximate surface area is 227 Å². The standard InChI is InChI=1S/C28H36N8O3/c1-5-17(4)27(38)35-22-11-20(10-21(29)12-22)23-14-33-26(34-16(2)3)28(39)36(23)15-24(37)32-13-18-6-8-19(9-7-18)25(30)31/h6-12,14,16-17H,5,13,15,29H2,1-4H3,(H3,30,31)(H,32,37)(H,33,34)(H,35,38). The van der Waals surface area contributed by atoms with Crippen molar-refractivity contribution >= 4 is 34.8 Å². The van der Waals surface area contributed by atoms with Gasteiger partial charge < -0.3 is 27.4 Å². The zero-order valence-electron chi connectivity index (χ0n) is 22.7. The van der Waals surface area contributed by atoms with E-state index in [0.717, 1.165) is 5.56 Å². The zero-order valence-corrected chi connectivity index (χ0v) is 22.7. The van der Waals surface area contributed by atoms with Crippen LogP contribution in [-0.2, 0) is 22.7 Å². The highest BCUT2D eigenvalue weighted by atomic mass is 16.2. The van der Waals surface area contributed by atoms with Crippen LogP contribution in [0.1, 0.15) is 45.2 Å². The molecule has 1 aromatic heterocycles. The van der Waals surface area contributed by atoms with Crippen LogP contribution < -0.4 is 33.0 Å². The number of anilines is 3. The number of carbonyl (C=O) groups is 2. The molecule has 2 amide bonds. The Morgan fingerprint density at radius 2 is 1.79 bits per heavy atom. The molecule has 0 bridgehead atoms. The summed E-state index contributed by atoms with van der Waals surface area (Å²) in [5.41, 5.74) is 14.3. The average molecular weight is 533 g/mol. The lowest BCUT2D eigenvalue weighted by molar-refractivity contribution is -0.122. The van der Waals surface area contributed by atoms with E-state index in [-0.39, 0.29) is 48.5 Å². The molecule has 0 radical (unpaired) electrons. The van der Waals surface area contributed by atoms with Gasteiger partial charge in [0.25, 0.3) is 5.56 Å². The van der Waals surface area contributed by atoms with Crippen LogP contribution in [0.2, 0.25) is 0 Å². The number of nitrogen functional groups attached to an aromatic ring is 2. The molecular formula is C28H36N8O3. The molecule has 11 heteroatoms. The Bertz CT molecular complexity index is 1410. The van der Waals surface area contributed by atoms with Gasteiger partial charge in [0.05, 0.1) is 11.9 Å². The van der Waals surface area contributed by atoms with Crippen molar-refractivity contribution in [3.05, 3.63) is 70.1 Å². The van der Waals surface area contributed by atoms with E-state index in [9.17, 15) is 14.4 Å². The minimum Gasteiger partial charge on any atom is -0.399 e. The van der Waals surface area contributed by atoms with Crippen molar-refractivity contribution < 1.29 is 9.59 Å². The fourth-order valence-corrected chi connectivity index (χ4v) is 3.77. The summed E-state index contributed by atoms with van der Waals surface area (Å²) in [6, 6.07) is 11.9. The minimum atomic E-state index is -0.463. The lowest BCUT2D eigenvalue weighted by Gasteiger charge is -2.17. The molecule has 0 saturated heterocycles. The summed E-state index contributed by atoms with van der Waals surface area (Å²) in [4.78, 5) is 43.1. The van der Waals surface area contributed by atoms with Crippen LogP contribution in [0.15, 0.2) is 53.5 Å². The smallest absolute Gasteiger partial charge is 0.294 e. The summed E-state index contributed by atoms with van der Waals surface area (Å²) in [6.07, 6.45) is 2.19. The first-order valence-electron chi connectivity index (χ1n) is 12.8. The van der Waals surface area contributed by atoms with Gasteiger partial charge in [-0.25, -0.2) is 4.98 Å². The van der Waals surface area contributed by atoms with Crippen LogP contribution in [0.25, 0.3) is 11.3 Å². The quantitative estimate of drug-likeness (QED) is 0.125.